The molecular weight excluding hydrogens is 408 g/mol. The van der Waals surface area contributed by atoms with Gasteiger partial charge in [-0.25, -0.2) is 0 Å². The molecule has 8 heteroatoms. The van der Waals surface area contributed by atoms with E-state index < -0.39 is 23.8 Å². The number of fused-ring (bicyclic) bond motifs is 2. The highest BCUT2D eigenvalue weighted by Gasteiger charge is 2.45. The number of hydrogen-bond donors (Lipinski definition) is 2. The number of piperidine rings is 1. The second kappa shape index (κ2) is 7.96. The molecule has 2 aromatic carbocycles. The van der Waals surface area contributed by atoms with E-state index in [0.717, 1.165) is 29.0 Å². The molecule has 1 saturated heterocycles. The van der Waals surface area contributed by atoms with Gasteiger partial charge in [-0.05, 0) is 35.6 Å². The predicted molar refractivity (Wildman–Crippen MR) is 115 cm³/mol. The summed E-state index contributed by atoms with van der Waals surface area (Å²) in [4.78, 5) is 53.4. The molecule has 5 rings (SSSR count). The van der Waals surface area contributed by atoms with Crippen LogP contribution in [0.2, 0.25) is 0 Å². The first-order valence-corrected chi connectivity index (χ1v) is 10.8. The van der Waals surface area contributed by atoms with Crippen molar-refractivity contribution in [3.05, 3.63) is 70.3 Å². The molecule has 0 aliphatic carbocycles. The normalized spacial score (nSPS) is 23.6. The minimum Gasteiger partial charge on any atom is -0.323 e. The second-order valence-corrected chi connectivity index (χ2v) is 8.58. The fourth-order valence-corrected chi connectivity index (χ4v) is 4.97. The zero-order valence-electron chi connectivity index (χ0n) is 17.5. The number of nitrogens with two attached hydrogens (primary N) is 1. The summed E-state index contributed by atoms with van der Waals surface area (Å²) >= 11 is 0. The van der Waals surface area contributed by atoms with Gasteiger partial charge in [-0.15, -0.1) is 0 Å². The van der Waals surface area contributed by atoms with E-state index in [1.165, 1.54) is 5.56 Å². The van der Waals surface area contributed by atoms with Gasteiger partial charge in [0, 0.05) is 32.1 Å². The maximum absolute atomic E-state index is 13.3. The SMILES string of the molecule is NC1CN(Cc2cccc3c2C(=O)N(C2CCC(=O)NC2=O)C3=O)CCc2ccccc21. The van der Waals surface area contributed by atoms with Gasteiger partial charge < -0.3 is 5.73 Å². The Morgan fingerprint density at radius 1 is 0.969 bits per heavy atom. The Hall–Kier alpha value is -3.36. The third-order valence-electron chi connectivity index (χ3n) is 6.56. The van der Waals surface area contributed by atoms with Gasteiger partial charge >= 0.3 is 0 Å². The number of carbonyl (C=O) groups excluding carboxylic acids is 4. The summed E-state index contributed by atoms with van der Waals surface area (Å²) in [5.41, 5.74) is 10.2. The molecule has 0 spiro atoms. The van der Waals surface area contributed by atoms with Crippen LogP contribution in [-0.4, -0.2) is 52.6 Å². The van der Waals surface area contributed by atoms with Gasteiger partial charge in [0.2, 0.25) is 11.8 Å². The number of hydrogen-bond acceptors (Lipinski definition) is 6. The monoisotopic (exact) mass is 432 g/mol. The smallest absolute Gasteiger partial charge is 0.262 e. The number of nitrogens with zero attached hydrogens (tertiary/aromatic N) is 2. The van der Waals surface area contributed by atoms with Gasteiger partial charge in [-0.2, -0.15) is 0 Å². The lowest BCUT2D eigenvalue weighted by molar-refractivity contribution is -0.136. The molecule has 3 N–H and O–H groups in total. The van der Waals surface area contributed by atoms with Crippen LogP contribution in [0.15, 0.2) is 42.5 Å². The number of amides is 4. The summed E-state index contributed by atoms with van der Waals surface area (Å²) in [6, 6.07) is 12.3. The van der Waals surface area contributed by atoms with Crippen molar-refractivity contribution >= 4 is 23.6 Å². The molecule has 3 aliphatic rings. The summed E-state index contributed by atoms with van der Waals surface area (Å²) in [6.07, 6.45) is 1.10. The average Bonchev–Trinajstić information content (AvgIpc) is 2.92. The zero-order valence-corrected chi connectivity index (χ0v) is 17.5. The topological polar surface area (TPSA) is 113 Å². The molecular formula is C24H24N4O4. The largest absolute Gasteiger partial charge is 0.323 e. The molecule has 3 heterocycles. The highest BCUT2D eigenvalue weighted by molar-refractivity contribution is 6.24. The molecule has 2 aromatic rings. The first-order valence-electron chi connectivity index (χ1n) is 10.8. The molecule has 0 radical (unpaired) electrons. The highest BCUT2D eigenvalue weighted by Crippen LogP contribution is 2.31. The molecule has 1 fully saturated rings. The van der Waals surface area contributed by atoms with Crippen LogP contribution >= 0.6 is 0 Å². The lowest BCUT2D eigenvalue weighted by Gasteiger charge is -2.28. The van der Waals surface area contributed by atoms with Crippen LogP contribution < -0.4 is 11.1 Å². The molecule has 3 aliphatic heterocycles. The van der Waals surface area contributed by atoms with E-state index in [9.17, 15) is 19.2 Å². The van der Waals surface area contributed by atoms with Gasteiger partial charge in [-0.1, -0.05) is 36.4 Å². The third kappa shape index (κ3) is 3.41. The molecule has 0 bridgehead atoms. The van der Waals surface area contributed by atoms with Crippen LogP contribution in [0, 0.1) is 0 Å². The van der Waals surface area contributed by atoms with E-state index in [1.807, 2.05) is 18.2 Å². The van der Waals surface area contributed by atoms with E-state index in [4.69, 9.17) is 5.73 Å². The standard InChI is InChI=1S/C24H24N4O4/c25-18-13-27(11-10-14-4-1-2-6-16(14)18)12-15-5-3-7-17-21(15)24(32)28(23(17)31)19-8-9-20(29)26-22(19)30/h1-7,18-19H,8-13,25H2,(H,26,29,30). The van der Waals surface area contributed by atoms with Crippen molar-refractivity contribution in [2.75, 3.05) is 13.1 Å². The lowest BCUT2D eigenvalue weighted by atomic mass is 10.0. The molecule has 2 atom stereocenters. The molecule has 0 saturated carbocycles. The van der Waals surface area contributed by atoms with Crippen molar-refractivity contribution in [2.24, 2.45) is 5.73 Å². The molecule has 164 valence electrons. The highest BCUT2D eigenvalue weighted by atomic mass is 16.2. The van der Waals surface area contributed by atoms with Crippen molar-refractivity contribution < 1.29 is 19.2 Å². The summed E-state index contributed by atoms with van der Waals surface area (Å²) in [7, 11) is 0. The Morgan fingerprint density at radius 2 is 1.78 bits per heavy atom. The molecule has 8 nitrogen and oxygen atoms in total. The van der Waals surface area contributed by atoms with Crippen molar-refractivity contribution in [1.29, 1.82) is 0 Å². The van der Waals surface area contributed by atoms with E-state index in [-0.39, 0.29) is 24.8 Å². The Balaban J connectivity index is 1.40. The summed E-state index contributed by atoms with van der Waals surface area (Å²) < 4.78 is 0. The number of imide groups is 2. The number of rotatable bonds is 3. The van der Waals surface area contributed by atoms with Crippen molar-refractivity contribution in [1.82, 2.24) is 15.1 Å². The number of carbonyl (C=O) groups is 4. The van der Waals surface area contributed by atoms with E-state index in [1.54, 1.807) is 12.1 Å². The quantitative estimate of drug-likeness (QED) is 0.704. The zero-order chi connectivity index (χ0) is 22.4. The van der Waals surface area contributed by atoms with Crippen LogP contribution in [0.3, 0.4) is 0 Å². The third-order valence-corrected chi connectivity index (χ3v) is 6.56. The Kier molecular flexibility index (Phi) is 5.11. The van der Waals surface area contributed by atoms with E-state index >= 15 is 0 Å². The maximum Gasteiger partial charge on any atom is 0.262 e. The lowest BCUT2D eigenvalue weighted by Crippen LogP contribution is -2.54. The minimum atomic E-state index is -0.964. The van der Waals surface area contributed by atoms with Gasteiger partial charge in [0.25, 0.3) is 11.8 Å². The number of benzene rings is 2. The first kappa shape index (κ1) is 20.5. The van der Waals surface area contributed by atoms with Gasteiger partial charge in [0.15, 0.2) is 0 Å². The van der Waals surface area contributed by atoms with Crippen LogP contribution in [-0.2, 0) is 22.6 Å². The van der Waals surface area contributed by atoms with Crippen molar-refractivity contribution in [3.8, 4) is 0 Å². The van der Waals surface area contributed by atoms with Gasteiger partial charge in [0.1, 0.15) is 6.04 Å². The number of nitrogens with one attached hydrogen (secondary N) is 1. The first-order chi connectivity index (χ1) is 15.4. The Labute approximate surface area is 185 Å². The summed E-state index contributed by atoms with van der Waals surface area (Å²) in [5, 5.41) is 2.23. The van der Waals surface area contributed by atoms with E-state index in [0.29, 0.717) is 24.2 Å². The van der Waals surface area contributed by atoms with Gasteiger partial charge in [-0.3, -0.25) is 34.3 Å². The average molecular weight is 432 g/mol. The van der Waals surface area contributed by atoms with E-state index in [2.05, 4.69) is 22.3 Å². The van der Waals surface area contributed by atoms with Crippen molar-refractivity contribution in [3.63, 3.8) is 0 Å². The van der Waals surface area contributed by atoms with Gasteiger partial charge in [0.05, 0.1) is 11.1 Å². The predicted octanol–water partition coefficient (Wildman–Crippen LogP) is 1.15. The molecule has 4 amide bonds. The van der Waals surface area contributed by atoms with Crippen LogP contribution in [0.5, 0.6) is 0 Å². The van der Waals surface area contributed by atoms with Crippen LogP contribution in [0.4, 0.5) is 0 Å². The maximum atomic E-state index is 13.3. The van der Waals surface area contributed by atoms with Crippen molar-refractivity contribution in [2.45, 2.75) is 37.9 Å². The Morgan fingerprint density at radius 3 is 2.59 bits per heavy atom. The second-order valence-electron chi connectivity index (χ2n) is 8.58. The van der Waals surface area contributed by atoms with Crippen LogP contribution in [0.1, 0.15) is 56.3 Å². The summed E-state index contributed by atoms with van der Waals surface area (Å²) in [5.74, 6) is -1.95. The molecule has 2 unspecified atom stereocenters. The molecule has 32 heavy (non-hydrogen) atoms. The molecule has 0 aromatic heterocycles. The fourth-order valence-electron chi connectivity index (χ4n) is 4.97. The fraction of sp³-hybridized carbons (Fsp3) is 0.333. The summed E-state index contributed by atoms with van der Waals surface area (Å²) in [6.45, 7) is 1.90. The van der Waals surface area contributed by atoms with Crippen LogP contribution in [0.25, 0.3) is 0 Å². The Bertz CT molecular complexity index is 1140. The minimum absolute atomic E-state index is 0.100.